The predicted molar refractivity (Wildman–Crippen MR) is 57.5 cm³/mol. The van der Waals surface area contributed by atoms with Crippen LogP contribution in [0.3, 0.4) is 0 Å². The van der Waals surface area contributed by atoms with Gasteiger partial charge in [-0.1, -0.05) is 13.3 Å². The molecule has 0 radical (unpaired) electrons. The van der Waals surface area contributed by atoms with Crippen molar-refractivity contribution in [2.45, 2.75) is 26.7 Å². The summed E-state index contributed by atoms with van der Waals surface area (Å²) < 4.78 is 6.52. The monoisotopic (exact) mass is 211 g/mol. The number of hydrogen-bond donors (Lipinski definition) is 1. The summed E-state index contributed by atoms with van der Waals surface area (Å²) in [6, 6.07) is 0. The maximum atomic E-state index is 11.6. The van der Waals surface area contributed by atoms with Crippen LogP contribution >= 0.6 is 0 Å². The molecule has 15 heavy (non-hydrogen) atoms. The Balaban J connectivity index is 2.73. The van der Waals surface area contributed by atoms with Crippen LogP contribution in [0.25, 0.3) is 0 Å². The summed E-state index contributed by atoms with van der Waals surface area (Å²) in [5.41, 5.74) is 7.12. The summed E-state index contributed by atoms with van der Waals surface area (Å²) in [6.07, 6.45) is 1.86. The minimum atomic E-state index is -0.399. The molecule has 0 spiro atoms. The molecule has 0 aliphatic rings. The lowest BCUT2D eigenvalue weighted by Crippen LogP contribution is -2.13. The Morgan fingerprint density at radius 1 is 1.60 bits per heavy atom. The van der Waals surface area contributed by atoms with Gasteiger partial charge in [-0.05, 0) is 13.3 Å². The van der Waals surface area contributed by atoms with E-state index in [9.17, 15) is 4.79 Å². The van der Waals surface area contributed by atoms with E-state index in [2.05, 4.69) is 5.10 Å². The van der Waals surface area contributed by atoms with Crippen LogP contribution in [0.1, 0.15) is 35.9 Å². The fraction of sp³-hybridized carbons (Fsp3) is 0.600. The number of carbonyl (C=O) groups excluding carboxylic acids is 1. The molecule has 0 bridgehead atoms. The maximum absolute atomic E-state index is 11.6. The number of aromatic nitrogens is 2. The predicted octanol–water partition coefficient (Wildman–Crippen LogP) is 1.27. The number of anilines is 1. The van der Waals surface area contributed by atoms with Gasteiger partial charge >= 0.3 is 5.97 Å². The first kappa shape index (κ1) is 11.6. The molecule has 0 unspecified atom stereocenters. The first-order chi connectivity index (χ1) is 7.07. The van der Waals surface area contributed by atoms with Crippen molar-refractivity contribution in [1.82, 2.24) is 9.78 Å². The van der Waals surface area contributed by atoms with Crippen molar-refractivity contribution in [3.8, 4) is 0 Å². The third-order valence-electron chi connectivity index (χ3n) is 2.19. The lowest BCUT2D eigenvalue weighted by atomic mass is 10.3. The number of unbranched alkanes of at least 4 members (excludes halogenated alkanes) is 1. The van der Waals surface area contributed by atoms with E-state index in [4.69, 9.17) is 10.5 Å². The zero-order chi connectivity index (χ0) is 11.4. The molecule has 5 nitrogen and oxygen atoms in total. The molecule has 1 aromatic heterocycles. The quantitative estimate of drug-likeness (QED) is 0.601. The van der Waals surface area contributed by atoms with Gasteiger partial charge in [-0.3, -0.25) is 4.68 Å². The van der Waals surface area contributed by atoms with E-state index in [-0.39, 0.29) is 0 Å². The van der Waals surface area contributed by atoms with Crippen LogP contribution in [0.2, 0.25) is 0 Å². The highest BCUT2D eigenvalue weighted by Gasteiger charge is 2.18. The summed E-state index contributed by atoms with van der Waals surface area (Å²) in [4.78, 5) is 11.6. The Labute approximate surface area is 89.2 Å². The summed E-state index contributed by atoms with van der Waals surface area (Å²) in [5, 5.41) is 4.05. The van der Waals surface area contributed by atoms with Crippen LogP contribution in [0.15, 0.2) is 0 Å². The van der Waals surface area contributed by atoms with Crippen molar-refractivity contribution in [2.24, 2.45) is 7.05 Å². The average molecular weight is 211 g/mol. The van der Waals surface area contributed by atoms with Crippen LogP contribution in [0, 0.1) is 6.92 Å². The minimum absolute atomic E-state index is 0.337. The number of nitrogens with zero attached hydrogens (tertiary/aromatic N) is 2. The van der Waals surface area contributed by atoms with Gasteiger partial charge in [0.2, 0.25) is 0 Å². The molecular weight excluding hydrogens is 194 g/mol. The number of hydrogen-bond acceptors (Lipinski definition) is 4. The van der Waals surface area contributed by atoms with Gasteiger partial charge in [-0.15, -0.1) is 0 Å². The van der Waals surface area contributed by atoms with Gasteiger partial charge in [0.1, 0.15) is 0 Å². The van der Waals surface area contributed by atoms with E-state index in [1.807, 2.05) is 6.92 Å². The summed E-state index contributed by atoms with van der Waals surface area (Å²) in [6.45, 7) is 4.23. The molecule has 0 aromatic carbocycles. The number of aryl methyl sites for hydroxylation is 2. The molecule has 0 saturated carbocycles. The Bertz CT molecular complexity index is 358. The van der Waals surface area contributed by atoms with Gasteiger partial charge in [0.05, 0.1) is 18.0 Å². The van der Waals surface area contributed by atoms with Gasteiger partial charge < -0.3 is 10.5 Å². The number of esters is 1. The molecule has 5 heteroatoms. The van der Waals surface area contributed by atoms with E-state index in [1.54, 1.807) is 14.0 Å². The van der Waals surface area contributed by atoms with Crippen molar-refractivity contribution in [3.05, 3.63) is 11.4 Å². The molecule has 2 N–H and O–H groups in total. The number of nitrogens with two attached hydrogens (primary N) is 1. The Kier molecular flexibility index (Phi) is 3.71. The van der Waals surface area contributed by atoms with Gasteiger partial charge in [0.15, 0.2) is 5.69 Å². The first-order valence-electron chi connectivity index (χ1n) is 5.04. The van der Waals surface area contributed by atoms with Crippen molar-refractivity contribution in [3.63, 3.8) is 0 Å². The van der Waals surface area contributed by atoms with Gasteiger partial charge in [-0.2, -0.15) is 5.10 Å². The molecule has 0 atom stereocenters. The SMILES string of the molecule is CCCCOC(=O)c1c(N)c(C)nn1C. The molecule has 1 heterocycles. The minimum Gasteiger partial charge on any atom is -0.461 e. The fourth-order valence-electron chi connectivity index (χ4n) is 1.29. The van der Waals surface area contributed by atoms with Crippen LogP contribution < -0.4 is 5.73 Å². The van der Waals surface area contributed by atoms with E-state index in [0.29, 0.717) is 23.7 Å². The van der Waals surface area contributed by atoms with Crippen LogP contribution in [0.4, 0.5) is 5.69 Å². The van der Waals surface area contributed by atoms with Gasteiger partial charge in [0, 0.05) is 7.05 Å². The van der Waals surface area contributed by atoms with Gasteiger partial charge in [0.25, 0.3) is 0 Å². The Morgan fingerprint density at radius 2 is 2.27 bits per heavy atom. The lowest BCUT2D eigenvalue weighted by Gasteiger charge is -2.04. The second kappa shape index (κ2) is 4.82. The molecule has 0 fully saturated rings. The maximum Gasteiger partial charge on any atom is 0.358 e. The molecular formula is C10H17N3O2. The molecule has 1 aromatic rings. The van der Waals surface area contributed by atoms with Crippen molar-refractivity contribution < 1.29 is 9.53 Å². The number of ether oxygens (including phenoxy) is 1. The van der Waals surface area contributed by atoms with Crippen LogP contribution in [0.5, 0.6) is 0 Å². The number of rotatable bonds is 4. The van der Waals surface area contributed by atoms with E-state index >= 15 is 0 Å². The van der Waals surface area contributed by atoms with Crippen LogP contribution in [-0.2, 0) is 11.8 Å². The smallest absolute Gasteiger partial charge is 0.358 e. The summed E-state index contributed by atoms with van der Waals surface area (Å²) in [5.74, 6) is -0.399. The highest BCUT2D eigenvalue weighted by Crippen LogP contribution is 2.16. The highest BCUT2D eigenvalue weighted by molar-refractivity contribution is 5.93. The van der Waals surface area contributed by atoms with Crippen molar-refractivity contribution in [2.75, 3.05) is 12.3 Å². The summed E-state index contributed by atoms with van der Waals surface area (Å²) >= 11 is 0. The van der Waals surface area contributed by atoms with Crippen LogP contribution in [-0.4, -0.2) is 22.4 Å². The fourth-order valence-corrected chi connectivity index (χ4v) is 1.29. The second-order valence-corrected chi connectivity index (χ2v) is 3.46. The third kappa shape index (κ3) is 2.49. The van der Waals surface area contributed by atoms with E-state index in [0.717, 1.165) is 12.8 Å². The second-order valence-electron chi connectivity index (χ2n) is 3.46. The number of carbonyl (C=O) groups is 1. The Hall–Kier alpha value is -1.52. The zero-order valence-corrected chi connectivity index (χ0v) is 9.41. The normalized spacial score (nSPS) is 10.3. The zero-order valence-electron chi connectivity index (χ0n) is 9.41. The molecule has 0 saturated heterocycles. The van der Waals surface area contributed by atoms with E-state index < -0.39 is 5.97 Å². The third-order valence-corrected chi connectivity index (χ3v) is 2.19. The molecule has 0 amide bonds. The Morgan fingerprint density at radius 3 is 2.73 bits per heavy atom. The van der Waals surface area contributed by atoms with Crippen molar-refractivity contribution in [1.29, 1.82) is 0 Å². The first-order valence-corrected chi connectivity index (χ1v) is 5.04. The lowest BCUT2D eigenvalue weighted by molar-refractivity contribution is 0.0488. The highest BCUT2D eigenvalue weighted by atomic mass is 16.5. The average Bonchev–Trinajstić information content (AvgIpc) is 2.41. The van der Waals surface area contributed by atoms with Crippen molar-refractivity contribution >= 4 is 11.7 Å². The standard InChI is InChI=1S/C10H17N3O2/c1-4-5-6-15-10(14)9-8(11)7(2)12-13(9)3/h4-6,11H2,1-3H3. The molecule has 0 aliphatic heterocycles. The largest absolute Gasteiger partial charge is 0.461 e. The number of nitrogen functional groups attached to an aromatic ring is 1. The molecule has 84 valence electrons. The topological polar surface area (TPSA) is 70.1 Å². The van der Waals surface area contributed by atoms with E-state index in [1.165, 1.54) is 4.68 Å². The molecule has 0 aliphatic carbocycles. The molecule has 1 rings (SSSR count). The van der Waals surface area contributed by atoms with Gasteiger partial charge in [-0.25, -0.2) is 4.79 Å². The summed E-state index contributed by atoms with van der Waals surface area (Å²) in [7, 11) is 1.68.